The largest absolute Gasteiger partial charge is 0.480 e. The summed E-state index contributed by atoms with van der Waals surface area (Å²) in [5.41, 5.74) is 0. The van der Waals surface area contributed by atoms with Crippen molar-refractivity contribution in [1.29, 1.82) is 0 Å². The van der Waals surface area contributed by atoms with E-state index in [0.717, 1.165) is 19.4 Å². The monoisotopic (exact) mass is 285 g/mol. The summed E-state index contributed by atoms with van der Waals surface area (Å²) >= 11 is 0. The van der Waals surface area contributed by atoms with Crippen molar-refractivity contribution >= 4 is 12.0 Å². The number of carboxylic acid groups (broad SMARTS) is 1. The molecule has 0 aromatic heterocycles. The second-order valence-corrected chi connectivity index (χ2v) is 6.19. The molecule has 0 aliphatic carbocycles. The fourth-order valence-electron chi connectivity index (χ4n) is 2.50. The van der Waals surface area contributed by atoms with Gasteiger partial charge in [-0.25, -0.2) is 9.59 Å². The first-order valence-corrected chi connectivity index (χ1v) is 7.29. The predicted molar refractivity (Wildman–Crippen MR) is 77.7 cm³/mol. The Morgan fingerprint density at radius 2 is 2.05 bits per heavy atom. The lowest BCUT2D eigenvalue weighted by Crippen LogP contribution is -2.53. The van der Waals surface area contributed by atoms with Crippen LogP contribution in [0.25, 0.3) is 0 Å². The van der Waals surface area contributed by atoms with Crippen LogP contribution in [-0.4, -0.2) is 53.7 Å². The van der Waals surface area contributed by atoms with E-state index >= 15 is 0 Å². The number of aliphatic carboxylic acids is 1. The van der Waals surface area contributed by atoms with E-state index in [-0.39, 0.29) is 18.0 Å². The van der Waals surface area contributed by atoms with Gasteiger partial charge in [0.05, 0.1) is 0 Å². The molecule has 0 saturated carbocycles. The number of rotatable bonds is 5. The average molecular weight is 285 g/mol. The molecular weight excluding hydrogens is 258 g/mol. The van der Waals surface area contributed by atoms with Gasteiger partial charge < -0.3 is 20.6 Å². The van der Waals surface area contributed by atoms with Crippen molar-refractivity contribution < 1.29 is 14.7 Å². The molecule has 1 saturated heterocycles. The van der Waals surface area contributed by atoms with Gasteiger partial charge in [-0.1, -0.05) is 13.8 Å². The highest BCUT2D eigenvalue weighted by molar-refractivity contribution is 5.82. The molecule has 0 bridgehead atoms. The number of urea groups is 1. The van der Waals surface area contributed by atoms with E-state index in [1.165, 1.54) is 0 Å². The molecule has 1 aliphatic rings. The van der Waals surface area contributed by atoms with Gasteiger partial charge in [0.2, 0.25) is 0 Å². The van der Waals surface area contributed by atoms with Crippen molar-refractivity contribution in [1.82, 2.24) is 15.5 Å². The highest BCUT2D eigenvalue weighted by Crippen LogP contribution is 2.15. The zero-order chi connectivity index (χ0) is 15.3. The Hall–Kier alpha value is -1.30. The van der Waals surface area contributed by atoms with E-state index in [1.807, 2.05) is 13.8 Å². The van der Waals surface area contributed by atoms with E-state index in [2.05, 4.69) is 29.5 Å². The molecular formula is C14H27N3O3. The smallest absolute Gasteiger partial charge is 0.326 e. The topological polar surface area (TPSA) is 81.7 Å². The Labute approximate surface area is 120 Å². The predicted octanol–water partition coefficient (Wildman–Crippen LogP) is 1.27. The van der Waals surface area contributed by atoms with Gasteiger partial charge in [0, 0.05) is 18.6 Å². The number of piperidine rings is 1. The summed E-state index contributed by atoms with van der Waals surface area (Å²) in [4.78, 5) is 25.3. The Kier molecular flexibility index (Phi) is 6.26. The summed E-state index contributed by atoms with van der Waals surface area (Å²) < 4.78 is 0. The molecule has 1 heterocycles. The van der Waals surface area contributed by atoms with Crippen molar-refractivity contribution in [3.63, 3.8) is 0 Å². The molecule has 1 rings (SSSR count). The molecule has 0 aromatic carbocycles. The summed E-state index contributed by atoms with van der Waals surface area (Å²) in [5.74, 6) is -0.759. The third-order valence-electron chi connectivity index (χ3n) is 3.85. The Morgan fingerprint density at radius 1 is 1.40 bits per heavy atom. The molecule has 3 N–H and O–H groups in total. The summed E-state index contributed by atoms with van der Waals surface area (Å²) in [6, 6.07) is -0.645. The summed E-state index contributed by atoms with van der Waals surface area (Å²) in [6.45, 7) is 6.95. The summed E-state index contributed by atoms with van der Waals surface area (Å²) in [5, 5.41) is 14.6. The maximum absolute atomic E-state index is 11.9. The fourth-order valence-corrected chi connectivity index (χ4v) is 2.50. The third kappa shape index (κ3) is 5.36. The van der Waals surface area contributed by atoms with Gasteiger partial charge in [-0.2, -0.15) is 0 Å². The first-order chi connectivity index (χ1) is 9.29. The Morgan fingerprint density at radius 3 is 2.55 bits per heavy atom. The van der Waals surface area contributed by atoms with Gasteiger partial charge in [0.1, 0.15) is 6.04 Å². The van der Waals surface area contributed by atoms with Crippen molar-refractivity contribution in [2.75, 3.05) is 13.6 Å². The molecule has 0 spiro atoms. The summed E-state index contributed by atoms with van der Waals surface area (Å²) in [7, 11) is 2.07. The zero-order valence-corrected chi connectivity index (χ0v) is 12.8. The summed E-state index contributed by atoms with van der Waals surface area (Å²) in [6.07, 6.45) is 2.23. The molecule has 6 heteroatoms. The van der Waals surface area contributed by atoms with Crippen LogP contribution in [0.4, 0.5) is 4.79 Å². The van der Waals surface area contributed by atoms with Gasteiger partial charge in [-0.15, -0.1) is 0 Å². The van der Waals surface area contributed by atoms with E-state index in [0.29, 0.717) is 12.5 Å². The van der Waals surface area contributed by atoms with E-state index < -0.39 is 12.0 Å². The van der Waals surface area contributed by atoms with Gasteiger partial charge >= 0.3 is 12.0 Å². The molecule has 2 amide bonds. The Balaban J connectivity index is 2.43. The van der Waals surface area contributed by atoms with Crippen molar-refractivity contribution in [2.45, 2.75) is 58.2 Å². The molecule has 0 aromatic rings. The molecule has 0 radical (unpaired) electrons. The van der Waals surface area contributed by atoms with Crippen LogP contribution in [0.3, 0.4) is 0 Å². The van der Waals surface area contributed by atoms with Crippen LogP contribution in [0.5, 0.6) is 0 Å². The number of likely N-dealkylation sites (tertiary alicyclic amines) is 1. The van der Waals surface area contributed by atoms with Crippen LogP contribution in [0.1, 0.15) is 40.0 Å². The van der Waals surface area contributed by atoms with Crippen LogP contribution in [0.2, 0.25) is 0 Å². The molecule has 3 atom stereocenters. The zero-order valence-electron chi connectivity index (χ0n) is 12.8. The lowest BCUT2D eigenvalue weighted by Gasteiger charge is -2.35. The second-order valence-electron chi connectivity index (χ2n) is 6.19. The minimum Gasteiger partial charge on any atom is -0.480 e. The highest BCUT2D eigenvalue weighted by atomic mass is 16.4. The van der Waals surface area contributed by atoms with Crippen molar-refractivity contribution in [3.8, 4) is 0 Å². The van der Waals surface area contributed by atoms with Crippen LogP contribution >= 0.6 is 0 Å². The maximum atomic E-state index is 11.9. The lowest BCUT2D eigenvalue weighted by atomic mass is 9.99. The number of carboxylic acids is 1. The molecule has 20 heavy (non-hydrogen) atoms. The number of nitrogens with one attached hydrogen (secondary N) is 2. The molecule has 2 unspecified atom stereocenters. The van der Waals surface area contributed by atoms with Crippen LogP contribution < -0.4 is 10.6 Å². The minimum absolute atomic E-state index is 0.120. The lowest BCUT2D eigenvalue weighted by molar-refractivity contribution is -0.139. The minimum atomic E-state index is -0.981. The highest BCUT2D eigenvalue weighted by Gasteiger charge is 2.26. The SMILES string of the molecule is CC(C)C[C@H](NC(=O)NC1CCN(C)C(C)C1)C(=O)O. The second kappa shape index (κ2) is 7.47. The van der Waals surface area contributed by atoms with Crippen LogP contribution in [0, 0.1) is 5.92 Å². The molecule has 116 valence electrons. The number of hydrogen-bond donors (Lipinski definition) is 3. The normalized spacial score (nSPS) is 25.2. The Bertz CT molecular complexity index is 347. The van der Waals surface area contributed by atoms with E-state index in [4.69, 9.17) is 5.11 Å². The average Bonchev–Trinajstić information content (AvgIpc) is 2.32. The number of amides is 2. The number of hydrogen-bond acceptors (Lipinski definition) is 3. The van der Waals surface area contributed by atoms with Gasteiger partial charge in [-0.3, -0.25) is 0 Å². The molecule has 6 nitrogen and oxygen atoms in total. The van der Waals surface area contributed by atoms with Gasteiger partial charge in [-0.05, 0) is 39.2 Å². The first-order valence-electron chi connectivity index (χ1n) is 7.29. The third-order valence-corrected chi connectivity index (χ3v) is 3.85. The quantitative estimate of drug-likeness (QED) is 0.710. The molecule has 1 fully saturated rings. The van der Waals surface area contributed by atoms with Crippen LogP contribution in [-0.2, 0) is 4.79 Å². The fraction of sp³-hybridized carbons (Fsp3) is 0.857. The van der Waals surface area contributed by atoms with Crippen molar-refractivity contribution in [2.24, 2.45) is 5.92 Å². The number of carbonyl (C=O) groups excluding carboxylic acids is 1. The first kappa shape index (κ1) is 16.8. The van der Waals surface area contributed by atoms with E-state index in [1.54, 1.807) is 0 Å². The van der Waals surface area contributed by atoms with Gasteiger partial charge in [0.25, 0.3) is 0 Å². The van der Waals surface area contributed by atoms with Crippen molar-refractivity contribution in [3.05, 3.63) is 0 Å². The van der Waals surface area contributed by atoms with E-state index in [9.17, 15) is 9.59 Å². The van der Waals surface area contributed by atoms with Crippen LogP contribution in [0.15, 0.2) is 0 Å². The standard InChI is InChI=1S/C14H27N3O3/c1-9(2)7-12(13(18)19)16-14(20)15-11-5-6-17(4)10(3)8-11/h9-12H,5-8H2,1-4H3,(H,18,19)(H2,15,16,20)/t10?,11?,12-/m0/s1. The maximum Gasteiger partial charge on any atom is 0.326 e. The van der Waals surface area contributed by atoms with Gasteiger partial charge in [0.15, 0.2) is 0 Å². The molecule has 1 aliphatic heterocycles. The number of nitrogens with zero attached hydrogens (tertiary/aromatic N) is 1. The number of carbonyl (C=O) groups is 2.